The zero-order valence-electron chi connectivity index (χ0n) is 14.8. The summed E-state index contributed by atoms with van der Waals surface area (Å²) in [5, 5.41) is 0. The summed E-state index contributed by atoms with van der Waals surface area (Å²) in [6.45, 7) is 15.2. The molecule has 0 fully saturated rings. The third-order valence-electron chi connectivity index (χ3n) is 1.36. The van der Waals surface area contributed by atoms with Gasteiger partial charge in [0.15, 0.2) is 0 Å². The zero-order chi connectivity index (χ0) is 18.1. The molecule has 0 aromatic carbocycles. The van der Waals surface area contributed by atoms with Crippen LogP contribution < -0.4 is 0 Å². The van der Waals surface area contributed by atoms with Crippen LogP contribution in [0.15, 0.2) is 0 Å². The van der Waals surface area contributed by atoms with Gasteiger partial charge in [0.25, 0.3) is 0 Å². The van der Waals surface area contributed by atoms with Crippen molar-refractivity contribution in [3.05, 3.63) is 0 Å². The monoisotopic (exact) mass is 484 g/mol. The first kappa shape index (κ1) is 30.1. The summed E-state index contributed by atoms with van der Waals surface area (Å²) in [6, 6.07) is 0. The van der Waals surface area contributed by atoms with Gasteiger partial charge in [-0.2, -0.15) is 0 Å². The van der Waals surface area contributed by atoms with E-state index in [9.17, 15) is 0 Å². The summed E-state index contributed by atoms with van der Waals surface area (Å²) in [5.41, 5.74) is -4.78. The van der Waals surface area contributed by atoms with E-state index < -0.39 is 11.4 Å². The maximum absolute atomic E-state index is 5.27. The maximum atomic E-state index is 5.27. The predicted octanol–water partition coefficient (Wildman–Crippen LogP) is 5.21. The molecule has 4 nitrogen and oxygen atoms in total. The summed E-state index contributed by atoms with van der Waals surface area (Å²) in [6.07, 6.45) is 0.211. The van der Waals surface area contributed by atoms with Crippen molar-refractivity contribution in [2.45, 2.75) is 79.8 Å². The van der Waals surface area contributed by atoms with Gasteiger partial charge in [-0.25, -0.2) is 0 Å². The number of hydrogen-bond acceptors (Lipinski definition) is 8. The molecular weight excluding hydrogens is 457 g/mol. The van der Waals surface area contributed by atoms with Crippen LogP contribution in [0.4, 0.5) is 0 Å². The first-order chi connectivity index (χ1) is 9.67. The Labute approximate surface area is 173 Å². The molecule has 0 heterocycles. The summed E-state index contributed by atoms with van der Waals surface area (Å²) < 4.78 is 21.1. The van der Waals surface area contributed by atoms with Crippen LogP contribution in [0.1, 0.15) is 55.4 Å². The van der Waals surface area contributed by atoms with Crippen molar-refractivity contribution < 1.29 is 34.6 Å². The van der Waals surface area contributed by atoms with Crippen molar-refractivity contribution in [3.8, 4) is 0 Å². The van der Waals surface area contributed by atoms with Gasteiger partial charge in [0.2, 0.25) is 0 Å². The third-order valence-corrected chi connectivity index (χ3v) is 6.14. The van der Waals surface area contributed by atoms with Crippen molar-refractivity contribution in [2.24, 2.45) is 0 Å². The van der Waals surface area contributed by atoms with Gasteiger partial charge in [-0.05, 0) is 55.4 Å². The van der Waals surface area contributed by atoms with Crippen molar-refractivity contribution >= 4 is 59.5 Å². The second-order valence-electron chi connectivity index (χ2n) is 5.51. The molecule has 0 aliphatic rings. The molecule has 0 aliphatic heterocycles. The molecule has 0 amide bonds. The van der Waals surface area contributed by atoms with Gasteiger partial charge in [0, 0.05) is 0 Å². The molecule has 0 aromatic rings. The van der Waals surface area contributed by atoms with Gasteiger partial charge >= 0.3 is 16.5 Å². The van der Waals surface area contributed by atoms with Crippen LogP contribution >= 0.6 is 11.4 Å². The first-order valence-corrected chi connectivity index (χ1v) is 14.3. The van der Waals surface area contributed by atoms with Crippen LogP contribution in [0.2, 0.25) is 0 Å². The molecule has 0 N–H and O–H groups in total. The maximum Gasteiger partial charge on any atom is 2.00 e. The molecule has 0 rings (SSSR count). The number of hydrogen-bond donors (Lipinski definition) is 0. The SMILES string of the molecule is CC(C)OP(=S)([S-])OC(C)C.CC(C)OP(=S)([S-])OC(C)C.[Ni+2]. The average Bonchev–Trinajstić information content (AvgIpc) is 2.06. The van der Waals surface area contributed by atoms with Crippen LogP contribution in [0.5, 0.6) is 0 Å². The predicted molar refractivity (Wildman–Crippen MR) is 108 cm³/mol. The van der Waals surface area contributed by atoms with E-state index in [1.807, 2.05) is 55.4 Å². The average molecular weight is 485 g/mol. The van der Waals surface area contributed by atoms with Crippen LogP contribution in [-0.4, -0.2) is 24.4 Å². The van der Waals surface area contributed by atoms with Crippen molar-refractivity contribution in [2.75, 3.05) is 0 Å². The van der Waals surface area contributed by atoms with Crippen molar-refractivity contribution in [3.63, 3.8) is 0 Å². The third kappa shape index (κ3) is 24.3. The molecular formula is C12H28NiO4P2S4. The molecule has 0 aromatic heterocycles. The van der Waals surface area contributed by atoms with Crippen LogP contribution in [0.3, 0.4) is 0 Å². The minimum Gasteiger partial charge on any atom is -0.691 e. The molecule has 0 saturated carbocycles. The van der Waals surface area contributed by atoms with Gasteiger partial charge in [0.05, 0.1) is 35.8 Å². The van der Waals surface area contributed by atoms with E-state index >= 15 is 0 Å². The first-order valence-electron chi connectivity index (χ1n) is 7.02. The smallest absolute Gasteiger partial charge is 0.691 e. The normalized spacial score (nSPS) is 12.4. The Morgan fingerprint density at radius 3 is 0.783 bits per heavy atom. The van der Waals surface area contributed by atoms with E-state index in [4.69, 9.17) is 66.2 Å². The van der Waals surface area contributed by atoms with E-state index in [0.717, 1.165) is 0 Å². The summed E-state index contributed by atoms with van der Waals surface area (Å²) in [5.74, 6) is 0. The molecule has 0 atom stereocenters. The molecule has 23 heavy (non-hydrogen) atoms. The van der Waals surface area contributed by atoms with Gasteiger partial charge in [-0.15, -0.1) is 0 Å². The molecule has 0 spiro atoms. The van der Waals surface area contributed by atoms with E-state index in [1.165, 1.54) is 0 Å². The Morgan fingerprint density at radius 1 is 0.565 bits per heavy atom. The van der Waals surface area contributed by atoms with Crippen molar-refractivity contribution in [1.29, 1.82) is 0 Å². The van der Waals surface area contributed by atoms with Crippen molar-refractivity contribution in [1.82, 2.24) is 0 Å². The number of rotatable bonds is 8. The Balaban J connectivity index is -0.000000333. The van der Waals surface area contributed by atoms with Crippen LogP contribution in [0, 0.1) is 0 Å². The molecule has 0 saturated heterocycles. The molecule has 0 unspecified atom stereocenters. The van der Waals surface area contributed by atoms with Crippen LogP contribution in [-0.2, 0) is 82.7 Å². The molecule has 0 bridgehead atoms. The topological polar surface area (TPSA) is 36.9 Å². The zero-order valence-corrected chi connectivity index (χ0v) is 20.8. The summed E-state index contributed by atoms with van der Waals surface area (Å²) in [4.78, 5) is 0. The summed E-state index contributed by atoms with van der Waals surface area (Å²) in [7, 11) is 0. The van der Waals surface area contributed by atoms with Gasteiger partial charge < -0.3 is 42.6 Å². The fourth-order valence-electron chi connectivity index (χ4n) is 1.08. The van der Waals surface area contributed by atoms with Gasteiger partial charge in [-0.1, -0.05) is 23.6 Å². The van der Waals surface area contributed by atoms with E-state index in [0.29, 0.717) is 0 Å². The fraction of sp³-hybridized carbons (Fsp3) is 1.00. The molecule has 0 radical (unpaired) electrons. The Bertz CT molecular complexity index is 331. The molecule has 0 aliphatic carbocycles. The Hall–Kier alpha value is 2.33. The largest absolute Gasteiger partial charge is 2.00 e. The molecule has 144 valence electrons. The standard InChI is InChI=1S/2C6H15O2PS2.Ni/c2*1-5(2)7-9(10,11)8-6(3)4;/h2*5-6H,1-4H3,(H,10,11);/q;;+2/p-2. The van der Waals surface area contributed by atoms with Crippen LogP contribution in [0.25, 0.3) is 0 Å². The fourth-order valence-corrected chi connectivity index (χ4v) is 7.38. The van der Waals surface area contributed by atoms with E-state index in [2.05, 4.69) is 0 Å². The minimum atomic E-state index is -2.39. The second-order valence-corrected chi connectivity index (χ2v) is 15.3. The summed E-state index contributed by atoms with van der Waals surface area (Å²) >= 11 is 19.9. The van der Waals surface area contributed by atoms with Gasteiger partial charge in [0.1, 0.15) is 0 Å². The Kier molecular flexibility index (Phi) is 18.8. The van der Waals surface area contributed by atoms with Gasteiger partial charge in [-0.3, -0.25) is 0 Å². The Morgan fingerprint density at radius 2 is 0.696 bits per heavy atom. The van der Waals surface area contributed by atoms with E-state index in [1.54, 1.807) is 0 Å². The molecule has 11 heteroatoms. The minimum absolute atomic E-state index is 0. The quantitative estimate of drug-likeness (QED) is 0.264. The van der Waals surface area contributed by atoms with E-state index in [-0.39, 0.29) is 40.9 Å². The second kappa shape index (κ2) is 14.4.